The molecule has 0 aliphatic carbocycles. The smallest absolute Gasteiger partial charge is 0.341 e. The molecule has 3 rings (SSSR count). The van der Waals surface area contributed by atoms with Crippen LogP contribution >= 0.6 is 0 Å². The number of anilines is 2. The summed E-state index contributed by atoms with van der Waals surface area (Å²) in [4.78, 5) is 13.8. The number of benzene rings is 2. The summed E-state index contributed by atoms with van der Waals surface area (Å²) in [5.74, 6) is -3.57. The van der Waals surface area contributed by atoms with Gasteiger partial charge in [-0.1, -0.05) is 18.2 Å². The number of hydrogen-bond donors (Lipinski definition) is 1. The molecule has 0 aromatic heterocycles. The van der Waals surface area contributed by atoms with Crippen molar-refractivity contribution in [1.29, 1.82) is 0 Å². The van der Waals surface area contributed by atoms with E-state index in [1.165, 1.54) is 12.1 Å². The Balaban J connectivity index is 1.66. The molecule has 1 aliphatic rings. The maximum Gasteiger partial charge on any atom is 0.341 e. The molecule has 1 N–H and O–H groups in total. The molecule has 26 heavy (non-hydrogen) atoms. The van der Waals surface area contributed by atoms with Crippen molar-refractivity contribution < 1.29 is 22.0 Å². The van der Waals surface area contributed by atoms with Crippen molar-refractivity contribution in [3.05, 3.63) is 54.1 Å². The summed E-state index contributed by atoms with van der Waals surface area (Å²) in [7, 11) is -4.61. The summed E-state index contributed by atoms with van der Waals surface area (Å²) in [6.45, 7) is 0.665. The first kappa shape index (κ1) is 18.3. The number of para-hydroxylation sites is 1. The lowest BCUT2D eigenvalue weighted by atomic mass is 10.0. The maximum atomic E-state index is 12.5. The molecule has 1 heterocycles. The van der Waals surface area contributed by atoms with Gasteiger partial charge in [0, 0.05) is 17.9 Å². The summed E-state index contributed by atoms with van der Waals surface area (Å²) in [5, 5.41) is 2.91. The van der Waals surface area contributed by atoms with E-state index in [4.69, 9.17) is 0 Å². The minimum atomic E-state index is -4.61. The second-order valence-corrected chi connectivity index (χ2v) is 7.88. The highest BCUT2D eigenvalue weighted by Crippen LogP contribution is 2.27. The van der Waals surface area contributed by atoms with Crippen LogP contribution in [0.25, 0.3) is 0 Å². The molecule has 0 saturated carbocycles. The Labute approximate surface area is 150 Å². The number of sulfone groups is 1. The third-order valence-electron chi connectivity index (χ3n) is 4.27. The van der Waals surface area contributed by atoms with Crippen molar-refractivity contribution in [2.45, 2.75) is 23.5 Å². The van der Waals surface area contributed by atoms with Crippen LogP contribution in [0.4, 0.5) is 20.2 Å². The van der Waals surface area contributed by atoms with Gasteiger partial charge in [-0.2, -0.15) is 8.78 Å². The molecule has 2 aromatic rings. The third-order valence-corrected chi connectivity index (χ3v) is 5.67. The second-order valence-electron chi connectivity index (χ2n) is 5.96. The SMILES string of the molecule is O=C(CNc1ccc(S(=O)(=O)C(F)F)cc1)N1CCCc2ccccc21. The number of hydrogen-bond acceptors (Lipinski definition) is 4. The maximum absolute atomic E-state index is 12.5. The minimum absolute atomic E-state index is 0.0231. The number of nitrogens with one attached hydrogen (secondary N) is 1. The number of alkyl halides is 2. The van der Waals surface area contributed by atoms with Gasteiger partial charge in [0.05, 0.1) is 11.4 Å². The van der Waals surface area contributed by atoms with Gasteiger partial charge in [0.25, 0.3) is 0 Å². The lowest BCUT2D eigenvalue weighted by molar-refractivity contribution is -0.117. The summed E-state index contributed by atoms with van der Waals surface area (Å²) in [6, 6.07) is 12.7. The summed E-state index contributed by atoms with van der Waals surface area (Å²) < 4.78 is 47.9. The van der Waals surface area contributed by atoms with Crippen LogP contribution in [-0.2, 0) is 21.1 Å². The van der Waals surface area contributed by atoms with Gasteiger partial charge in [-0.25, -0.2) is 8.42 Å². The van der Waals surface area contributed by atoms with Gasteiger partial charge in [-0.05, 0) is 48.7 Å². The fourth-order valence-corrected chi connectivity index (χ4v) is 3.65. The van der Waals surface area contributed by atoms with E-state index < -0.39 is 20.5 Å². The van der Waals surface area contributed by atoms with E-state index >= 15 is 0 Å². The van der Waals surface area contributed by atoms with Gasteiger partial charge in [0.1, 0.15) is 0 Å². The van der Waals surface area contributed by atoms with Gasteiger partial charge in [0.2, 0.25) is 15.7 Å². The summed E-state index contributed by atoms with van der Waals surface area (Å²) in [6.07, 6.45) is 1.83. The summed E-state index contributed by atoms with van der Waals surface area (Å²) in [5.41, 5.74) is 2.52. The van der Waals surface area contributed by atoms with E-state index in [0.29, 0.717) is 12.2 Å². The van der Waals surface area contributed by atoms with Gasteiger partial charge in [0.15, 0.2) is 0 Å². The molecular weight excluding hydrogens is 362 g/mol. The Bertz CT molecular complexity index is 899. The molecule has 8 heteroatoms. The van der Waals surface area contributed by atoms with Crippen molar-refractivity contribution in [3.8, 4) is 0 Å². The van der Waals surface area contributed by atoms with Crippen LogP contribution in [0.5, 0.6) is 0 Å². The standard InChI is InChI=1S/C18H18F2N2O3S/c19-18(20)26(24,25)15-9-7-14(8-10-15)21-12-17(23)22-11-3-5-13-4-1-2-6-16(13)22/h1-2,4,6-10,18,21H,3,5,11-12H2. The van der Waals surface area contributed by atoms with Gasteiger partial charge < -0.3 is 10.2 Å². The zero-order chi connectivity index (χ0) is 18.7. The zero-order valence-electron chi connectivity index (χ0n) is 13.9. The molecule has 0 spiro atoms. The predicted octanol–water partition coefficient (Wildman–Crippen LogP) is 3.07. The van der Waals surface area contributed by atoms with Crippen molar-refractivity contribution in [1.82, 2.24) is 0 Å². The average Bonchev–Trinajstić information content (AvgIpc) is 2.66. The fraction of sp³-hybridized carbons (Fsp3) is 0.278. The molecule has 0 bridgehead atoms. The third kappa shape index (κ3) is 3.70. The van der Waals surface area contributed by atoms with Crippen molar-refractivity contribution in [3.63, 3.8) is 0 Å². The van der Waals surface area contributed by atoms with Gasteiger partial charge >= 0.3 is 5.76 Å². The average molecular weight is 380 g/mol. The number of halogens is 2. The van der Waals surface area contributed by atoms with Crippen LogP contribution in [0.2, 0.25) is 0 Å². The van der Waals surface area contributed by atoms with E-state index in [9.17, 15) is 22.0 Å². The highest BCUT2D eigenvalue weighted by Gasteiger charge is 2.26. The van der Waals surface area contributed by atoms with Crippen molar-refractivity contribution in [2.24, 2.45) is 0 Å². The number of carbonyl (C=O) groups is 1. The number of nitrogens with zero attached hydrogens (tertiary/aromatic N) is 1. The topological polar surface area (TPSA) is 66.5 Å². The molecule has 1 aliphatic heterocycles. The molecule has 0 saturated heterocycles. The van der Waals surface area contributed by atoms with E-state index in [1.807, 2.05) is 24.3 Å². The number of aryl methyl sites for hydroxylation is 1. The van der Waals surface area contributed by atoms with Crippen LogP contribution in [0.1, 0.15) is 12.0 Å². The van der Waals surface area contributed by atoms with Crippen molar-refractivity contribution in [2.75, 3.05) is 23.3 Å². The Morgan fingerprint density at radius 2 is 1.81 bits per heavy atom. The summed E-state index contributed by atoms with van der Waals surface area (Å²) >= 11 is 0. The lowest BCUT2D eigenvalue weighted by Crippen LogP contribution is -2.39. The number of amides is 1. The molecule has 138 valence electrons. The quantitative estimate of drug-likeness (QED) is 0.866. The largest absolute Gasteiger partial charge is 0.376 e. The molecule has 0 radical (unpaired) electrons. The highest BCUT2D eigenvalue weighted by atomic mass is 32.2. The van der Waals surface area contributed by atoms with Crippen molar-refractivity contribution >= 4 is 27.1 Å². The molecule has 2 aromatic carbocycles. The van der Waals surface area contributed by atoms with Crippen LogP contribution in [0.3, 0.4) is 0 Å². The highest BCUT2D eigenvalue weighted by molar-refractivity contribution is 7.91. The fourth-order valence-electron chi connectivity index (χ4n) is 2.93. The number of rotatable bonds is 5. The number of fused-ring (bicyclic) bond motifs is 1. The normalized spacial score (nSPS) is 14.2. The van der Waals surface area contributed by atoms with Crippen LogP contribution in [0.15, 0.2) is 53.4 Å². The predicted molar refractivity (Wildman–Crippen MR) is 95.2 cm³/mol. The zero-order valence-corrected chi connectivity index (χ0v) is 14.7. The number of carbonyl (C=O) groups excluding carboxylic acids is 1. The minimum Gasteiger partial charge on any atom is -0.376 e. The molecular formula is C18H18F2N2O3S. The Hall–Kier alpha value is -2.48. The Morgan fingerprint density at radius 1 is 1.12 bits per heavy atom. The van der Waals surface area contributed by atoms with E-state index in [0.717, 1.165) is 36.2 Å². The van der Waals surface area contributed by atoms with Crippen LogP contribution in [-0.4, -0.2) is 33.2 Å². The first-order valence-corrected chi connectivity index (χ1v) is 9.68. The van der Waals surface area contributed by atoms with Gasteiger partial charge in [-0.3, -0.25) is 4.79 Å². The van der Waals surface area contributed by atoms with Crippen LogP contribution in [0, 0.1) is 0 Å². The Kier molecular flexibility index (Phi) is 5.22. The lowest BCUT2D eigenvalue weighted by Gasteiger charge is -2.29. The van der Waals surface area contributed by atoms with Crippen LogP contribution < -0.4 is 10.2 Å². The van der Waals surface area contributed by atoms with E-state index in [2.05, 4.69) is 5.32 Å². The second kappa shape index (κ2) is 7.41. The first-order chi connectivity index (χ1) is 12.4. The molecule has 0 atom stereocenters. The molecule has 5 nitrogen and oxygen atoms in total. The first-order valence-electron chi connectivity index (χ1n) is 8.14. The monoisotopic (exact) mass is 380 g/mol. The molecule has 0 fully saturated rings. The van der Waals surface area contributed by atoms with E-state index in [1.54, 1.807) is 4.90 Å². The van der Waals surface area contributed by atoms with Gasteiger partial charge in [-0.15, -0.1) is 0 Å². The molecule has 1 amide bonds. The Morgan fingerprint density at radius 3 is 2.50 bits per heavy atom. The van der Waals surface area contributed by atoms with E-state index in [-0.39, 0.29) is 12.5 Å². The molecule has 0 unspecified atom stereocenters.